The van der Waals surface area contributed by atoms with Crippen LogP contribution in [0.3, 0.4) is 0 Å². The molecule has 1 aromatic rings. The lowest BCUT2D eigenvalue weighted by molar-refractivity contribution is 0.0695. The van der Waals surface area contributed by atoms with E-state index in [4.69, 9.17) is 0 Å². The Kier molecular flexibility index (Phi) is 4.49. The summed E-state index contributed by atoms with van der Waals surface area (Å²) in [4.78, 5) is 13.9. The number of carboxylic acids is 1. The molecule has 0 bridgehead atoms. The predicted octanol–water partition coefficient (Wildman–Crippen LogP) is 2.93. The Morgan fingerprint density at radius 2 is 2.00 bits per heavy atom. The molecule has 0 amide bonds. The Hall–Kier alpha value is -1.65. The Morgan fingerprint density at radius 1 is 1.29 bits per heavy atom. The van der Waals surface area contributed by atoms with Gasteiger partial charge in [0.15, 0.2) is 5.82 Å². The van der Waals surface area contributed by atoms with E-state index in [0.29, 0.717) is 24.2 Å². The second-order valence-electron chi connectivity index (χ2n) is 6.53. The number of rotatable bonds is 4. The van der Waals surface area contributed by atoms with E-state index in [1.54, 1.807) is 0 Å². The van der Waals surface area contributed by atoms with Crippen LogP contribution in [-0.4, -0.2) is 34.4 Å². The van der Waals surface area contributed by atoms with Gasteiger partial charge in [0.1, 0.15) is 5.56 Å². The third-order valence-corrected chi connectivity index (χ3v) is 4.24. The SMILES string of the molecule is CCc1nnc(N2CCCC(C)(C)C2)c(C(=O)O)c1CC. The zero-order valence-corrected chi connectivity index (χ0v) is 13.4. The molecule has 116 valence electrons. The standard InChI is InChI=1S/C16H25N3O2/c1-5-11-12(6-2)17-18-14(13(11)15(20)21)19-9-7-8-16(3,4)10-19/h5-10H2,1-4H3,(H,20,21). The van der Waals surface area contributed by atoms with Crippen molar-refractivity contribution in [1.29, 1.82) is 0 Å². The highest BCUT2D eigenvalue weighted by atomic mass is 16.4. The van der Waals surface area contributed by atoms with Gasteiger partial charge >= 0.3 is 5.97 Å². The van der Waals surface area contributed by atoms with Crippen LogP contribution in [0.25, 0.3) is 0 Å². The fourth-order valence-corrected chi connectivity index (χ4v) is 3.21. The number of aryl methyl sites for hydroxylation is 1. The molecule has 0 aromatic carbocycles. The highest BCUT2D eigenvalue weighted by Gasteiger charge is 2.31. The highest BCUT2D eigenvalue weighted by molar-refractivity contribution is 5.95. The minimum Gasteiger partial charge on any atom is -0.478 e. The molecule has 0 radical (unpaired) electrons. The van der Waals surface area contributed by atoms with Gasteiger partial charge in [-0.2, -0.15) is 5.10 Å². The average Bonchev–Trinajstić information content (AvgIpc) is 2.44. The molecule has 21 heavy (non-hydrogen) atoms. The molecule has 5 nitrogen and oxygen atoms in total. The quantitative estimate of drug-likeness (QED) is 0.924. The minimum atomic E-state index is -0.894. The Bertz CT molecular complexity index is 541. The normalized spacial score (nSPS) is 17.8. The average molecular weight is 291 g/mol. The largest absolute Gasteiger partial charge is 0.478 e. The lowest BCUT2D eigenvalue weighted by atomic mass is 9.84. The highest BCUT2D eigenvalue weighted by Crippen LogP contribution is 2.33. The van der Waals surface area contributed by atoms with Crippen molar-refractivity contribution in [3.63, 3.8) is 0 Å². The summed E-state index contributed by atoms with van der Waals surface area (Å²) < 4.78 is 0. The van der Waals surface area contributed by atoms with Crippen LogP contribution in [0.2, 0.25) is 0 Å². The van der Waals surface area contributed by atoms with Gasteiger partial charge in [0.2, 0.25) is 0 Å². The van der Waals surface area contributed by atoms with Gasteiger partial charge in [0.05, 0.1) is 5.69 Å². The zero-order valence-electron chi connectivity index (χ0n) is 13.4. The Labute approximate surface area is 126 Å². The number of nitrogens with zero attached hydrogens (tertiary/aromatic N) is 3. The third-order valence-electron chi connectivity index (χ3n) is 4.24. The summed E-state index contributed by atoms with van der Waals surface area (Å²) in [6, 6.07) is 0. The molecule has 0 atom stereocenters. The first-order valence-corrected chi connectivity index (χ1v) is 7.76. The van der Waals surface area contributed by atoms with E-state index >= 15 is 0 Å². The van der Waals surface area contributed by atoms with Crippen molar-refractivity contribution < 1.29 is 9.90 Å². The second kappa shape index (κ2) is 6.00. The van der Waals surface area contributed by atoms with Crippen LogP contribution in [0.15, 0.2) is 0 Å². The molecule has 2 heterocycles. The fraction of sp³-hybridized carbons (Fsp3) is 0.688. The van der Waals surface area contributed by atoms with Crippen LogP contribution in [0.1, 0.15) is 62.2 Å². The number of hydrogen-bond donors (Lipinski definition) is 1. The number of aromatic carboxylic acids is 1. The maximum Gasteiger partial charge on any atom is 0.339 e. The molecule has 1 fully saturated rings. The van der Waals surface area contributed by atoms with Crippen molar-refractivity contribution >= 4 is 11.8 Å². The van der Waals surface area contributed by atoms with Crippen LogP contribution in [0, 0.1) is 5.41 Å². The molecule has 1 aliphatic rings. The molecule has 0 spiro atoms. The van der Waals surface area contributed by atoms with E-state index in [0.717, 1.165) is 37.2 Å². The summed E-state index contributed by atoms with van der Waals surface area (Å²) in [6.45, 7) is 10.1. The summed E-state index contributed by atoms with van der Waals surface area (Å²) in [5.74, 6) is -0.348. The zero-order chi connectivity index (χ0) is 15.6. The Morgan fingerprint density at radius 3 is 2.52 bits per heavy atom. The van der Waals surface area contributed by atoms with E-state index in [2.05, 4.69) is 28.9 Å². The van der Waals surface area contributed by atoms with Crippen molar-refractivity contribution in [3.05, 3.63) is 16.8 Å². The smallest absolute Gasteiger partial charge is 0.339 e. The lowest BCUT2D eigenvalue weighted by Crippen LogP contribution is -2.41. The van der Waals surface area contributed by atoms with E-state index < -0.39 is 5.97 Å². The molecule has 0 saturated carbocycles. The monoisotopic (exact) mass is 291 g/mol. The number of carbonyl (C=O) groups is 1. The first-order valence-electron chi connectivity index (χ1n) is 7.76. The molecule has 2 rings (SSSR count). The van der Waals surface area contributed by atoms with Crippen LogP contribution in [0.5, 0.6) is 0 Å². The molecular formula is C16H25N3O2. The van der Waals surface area contributed by atoms with E-state index in [9.17, 15) is 9.90 Å². The summed E-state index contributed by atoms with van der Waals surface area (Å²) in [5.41, 5.74) is 2.17. The molecule has 1 aliphatic heterocycles. The van der Waals surface area contributed by atoms with Crippen LogP contribution >= 0.6 is 0 Å². The van der Waals surface area contributed by atoms with Crippen LogP contribution < -0.4 is 4.90 Å². The van der Waals surface area contributed by atoms with E-state index in [-0.39, 0.29) is 5.41 Å². The molecule has 5 heteroatoms. The van der Waals surface area contributed by atoms with Gasteiger partial charge < -0.3 is 10.0 Å². The summed E-state index contributed by atoms with van der Waals surface area (Å²) in [5, 5.41) is 18.2. The minimum absolute atomic E-state index is 0.186. The number of anilines is 1. The summed E-state index contributed by atoms with van der Waals surface area (Å²) >= 11 is 0. The van der Waals surface area contributed by atoms with Gasteiger partial charge in [-0.05, 0) is 36.7 Å². The molecule has 0 unspecified atom stereocenters. The second-order valence-corrected chi connectivity index (χ2v) is 6.53. The Balaban J connectivity index is 2.50. The molecule has 1 saturated heterocycles. The van der Waals surface area contributed by atoms with Crippen molar-refractivity contribution in [2.45, 2.75) is 53.4 Å². The van der Waals surface area contributed by atoms with Gasteiger partial charge in [-0.25, -0.2) is 4.79 Å². The van der Waals surface area contributed by atoms with Crippen molar-refractivity contribution in [3.8, 4) is 0 Å². The number of aromatic nitrogens is 2. The van der Waals surface area contributed by atoms with Gasteiger partial charge in [-0.15, -0.1) is 5.10 Å². The topological polar surface area (TPSA) is 66.3 Å². The molecular weight excluding hydrogens is 266 g/mol. The number of carboxylic acid groups (broad SMARTS) is 1. The van der Waals surface area contributed by atoms with Crippen molar-refractivity contribution in [2.75, 3.05) is 18.0 Å². The first kappa shape index (κ1) is 15.7. The van der Waals surface area contributed by atoms with Gasteiger partial charge in [0, 0.05) is 13.1 Å². The van der Waals surface area contributed by atoms with Gasteiger partial charge in [-0.1, -0.05) is 27.7 Å². The fourth-order valence-electron chi connectivity index (χ4n) is 3.21. The van der Waals surface area contributed by atoms with Crippen LogP contribution in [0.4, 0.5) is 5.82 Å². The third kappa shape index (κ3) is 3.17. The maximum atomic E-state index is 11.8. The predicted molar refractivity (Wildman–Crippen MR) is 83.0 cm³/mol. The summed E-state index contributed by atoms with van der Waals surface area (Å²) in [7, 11) is 0. The van der Waals surface area contributed by atoms with E-state index in [1.807, 2.05) is 13.8 Å². The van der Waals surface area contributed by atoms with E-state index in [1.165, 1.54) is 0 Å². The van der Waals surface area contributed by atoms with Crippen LogP contribution in [-0.2, 0) is 12.8 Å². The molecule has 0 aliphatic carbocycles. The maximum absolute atomic E-state index is 11.8. The molecule has 1 aromatic heterocycles. The van der Waals surface area contributed by atoms with Gasteiger partial charge in [-0.3, -0.25) is 0 Å². The first-order chi connectivity index (χ1) is 9.89. The van der Waals surface area contributed by atoms with Gasteiger partial charge in [0.25, 0.3) is 0 Å². The lowest BCUT2D eigenvalue weighted by Gasteiger charge is -2.39. The van der Waals surface area contributed by atoms with Crippen molar-refractivity contribution in [1.82, 2.24) is 10.2 Å². The number of hydrogen-bond acceptors (Lipinski definition) is 4. The summed E-state index contributed by atoms with van der Waals surface area (Å²) in [6.07, 6.45) is 3.60. The number of piperidine rings is 1. The van der Waals surface area contributed by atoms with Crippen molar-refractivity contribution in [2.24, 2.45) is 5.41 Å². The molecule has 1 N–H and O–H groups in total.